The highest BCUT2D eigenvalue weighted by atomic mass is 16.5. The lowest BCUT2D eigenvalue weighted by molar-refractivity contribution is -0.120. The molecule has 0 radical (unpaired) electrons. The Bertz CT molecular complexity index is 1880. The molecule has 8 nitrogen and oxygen atoms in total. The number of aryl methyl sites for hydroxylation is 1. The van der Waals surface area contributed by atoms with E-state index in [2.05, 4.69) is 16.4 Å². The number of benzene rings is 4. The molecule has 0 spiro atoms. The largest absolute Gasteiger partial charge is 0.496 e. The molecular weight excluding hydrogens is 540 g/mol. The van der Waals surface area contributed by atoms with Gasteiger partial charge in [-0.25, -0.2) is 9.69 Å². The summed E-state index contributed by atoms with van der Waals surface area (Å²) < 4.78 is 5.37. The second kappa shape index (κ2) is 10.5. The third-order valence-corrected chi connectivity index (χ3v) is 8.46. The normalized spacial score (nSPS) is 17.6. The molecule has 1 fully saturated rings. The zero-order valence-electron chi connectivity index (χ0n) is 23.8. The van der Waals surface area contributed by atoms with E-state index >= 15 is 0 Å². The summed E-state index contributed by atoms with van der Waals surface area (Å²) in [6, 6.07) is 28.8. The Balaban J connectivity index is 1.18. The fourth-order valence-electron chi connectivity index (χ4n) is 6.30. The number of amides is 4. The SMILES string of the molecule is COc1ccccc1CNC(=O)c1ccc(N2C(=O)[C@@H]3Cc4c([nH]c5ccccc45)C(c4ccc(C)cc4)N3C2=O)cc1. The minimum atomic E-state index is -0.644. The van der Waals surface area contributed by atoms with Crippen molar-refractivity contribution < 1.29 is 19.1 Å². The number of H-pyrrole nitrogens is 1. The summed E-state index contributed by atoms with van der Waals surface area (Å²) in [5.41, 5.74) is 6.76. The van der Waals surface area contributed by atoms with Crippen LogP contribution in [0.15, 0.2) is 97.1 Å². The third kappa shape index (κ3) is 4.43. The second-order valence-corrected chi connectivity index (χ2v) is 11.0. The summed E-state index contributed by atoms with van der Waals surface area (Å²) in [6.07, 6.45) is 0.423. The van der Waals surface area contributed by atoms with Crippen molar-refractivity contribution in [2.24, 2.45) is 0 Å². The van der Waals surface area contributed by atoms with Crippen LogP contribution in [0, 0.1) is 6.92 Å². The van der Waals surface area contributed by atoms with Gasteiger partial charge >= 0.3 is 6.03 Å². The van der Waals surface area contributed by atoms with Crippen molar-refractivity contribution >= 4 is 34.4 Å². The van der Waals surface area contributed by atoms with Crippen LogP contribution in [0.1, 0.15) is 44.3 Å². The first-order chi connectivity index (χ1) is 20.9. The van der Waals surface area contributed by atoms with Crippen molar-refractivity contribution in [3.05, 3.63) is 131 Å². The number of hydrogen-bond donors (Lipinski definition) is 2. The lowest BCUT2D eigenvalue weighted by atomic mass is 9.88. The number of anilines is 1. The smallest absolute Gasteiger partial charge is 0.332 e. The van der Waals surface area contributed by atoms with Crippen LogP contribution in [-0.4, -0.2) is 40.9 Å². The van der Waals surface area contributed by atoms with Gasteiger partial charge in [0.15, 0.2) is 0 Å². The number of hydrogen-bond acceptors (Lipinski definition) is 4. The van der Waals surface area contributed by atoms with Crippen LogP contribution in [0.5, 0.6) is 5.75 Å². The van der Waals surface area contributed by atoms with E-state index in [1.54, 1.807) is 36.3 Å². The van der Waals surface area contributed by atoms with E-state index in [1.807, 2.05) is 73.7 Å². The first-order valence-electron chi connectivity index (χ1n) is 14.3. The fraction of sp³-hybridized carbons (Fsp3) is 0.171. The molecule has 5 aromatic rings. The predicted octanol–water partition coefficient (Wildman–Crippen LogP) is 5.90. The Kier molecular flexibility index (Phi) is 6.46. The van der Waals surface area contributed by atoms with Gasteiger partial charge in [0.1, 0.15) is 17.8 Å². The van der Waals surface area contributed by atoms with E-state index in [1.165, 1.54) is 4.90 Å². The second-order valence-electron chi connectivity index (χ2n) is 11.0. The number of fused-ring (bicyclic) bond motifs is 4. The summed E-state index contributed by atoms with van der Waals surface area (Å²) in [7, 11) is 1.59. The first-order valence-corrected chi connectivity index (χ1v) is 14.3. The van der Waals surface area contributed by atoms with Crippen LogP contribution >= 0.6 is 0 Å². The van der Waals surface area contributed by atoms with Crippen LogP contribution in [0.3, 0.4) is 0 Å². The number of imide groups is 1. The van der Waals surface area contributed by atoms with E-state index in [0.29, 0.717) is 30.0 Å². The van der Waals surface area contributed by atoms with Gasteiger partial charge in [0, 0.05) is 40.7 Å². The minimum Gasteiger partial charge on any atom is -0.496 e. The van der Waals surface area contributed by atoms with Gasteiger partial charge in [-0.3, -0.25) is 14.5 Å². The number of methoxy groups -OCH3 is 1. The van der Waals surface area contributed by atoms with Gasteiger partial charge in [0.25, 0.3) is 11.8 Å². The van der Waals surface area contributed by atoms with E-state index < -0.39 is 12.1 Å². The van der Waals surface area contributed by atoms with Crippen molar-refractivity contribution in [1.29, 1.82) is 0 Å². The molecule has 2 N–H and O–H groups in total. The van der Waals surface area contributed by atoms with E-state index in [-0.39, 0.29) is 17.8 Å². The van der Waals surface area contributed by atoms with Crippen molar-refractivity contribution in [3.63, 3.8) is 0 Å². The van der Waals surface area contributed by atoms with Crippen LogP contribution in [0.2, 0.25) is 0 Å². The zero-order chi connectivity index (χ0) is 29.7. The average Bonchev–Trinajstić information content (AvgIpc) is 3.53. The number of nitrogens with one attached hydrogen (secondary N) is 2. The third-order valence-electron chi connectivity index (χ3n) is 8.46. The maximum Gasteiger partial charge on any atom is 0.332 e. The van der Waals surface area contributed by atoms with Gasteiger partial charge in [0.2, 0.25) is 0 Å². The Morgan fingerprint density at radius 2 is 1.65 bits per heavy atom. The molecule has 1 saturated heterocycles. The Hall–Kier alpha value is -5.37. The summed E-state index contributed by atoms with van der Waals surface area (Å²) in [5.74, 6) is 0.161. The van der Waals surface area contributed by atoms with Gasteiger partial charge < -0.3 is 15.0 Å². The van der Waals surface area contributed by atoms with Crippen molar-refractivity contribution in [3.8, 4) is 5.75 Å². The standard InChI is InChI=1S/C35H30N4O4/c1-21-11-13-22(14-12-21)32-31-27(26-8-4-5-9-28(26)37-31)19-29-34(41)38(35(42)39(29)32)25-17-15-23(16-18-25)33(40)36-20-24-7-3-6-10-30(24)43-2/h3-18,29,32,37H,19-20H2,1-2H3,(H,36,40)/t29-,32?/m0/s1. The maximum absolute atomic E-state index is 14.1. The lowest BCUT2D eigenvalue weighted by Gasteiger charge is -2.36. The summed E-state index contributed by atoms with van der Waals surface area (Å²) in [4.78, 5) is 47.5. The number of nitrogens with zero attached hydrogens (tertiary/aromatic N) is 2. The molecule has 2 aliphatic heterocycles. The summed E-state index contributed by atoms with van der Waals surface area (Å²) in [5, 5.41) is 3.97. The molecule has 0 saturated carbocycles. The maximum atomic E-state index is 14.1. The van der Waals surface area contributed by atoms with Gasteiger partial charge in [-0.15, -0.1) is 0 Å². The minimum absolute atomic E-state index is 0.265. The molecule has 0 bridgehead atoms. The number of aromatic nitrogens is 1. The molecule has 1 unspecified atom stereocenters. The van der Waals surface area contributed by atoms with Gasteiger partial charge in [0.05, 0.1) is 12.8 Å². The number of carbonyl (C=O) groups is 3. The molecule has 0 aliphatic carbocycles. The molecule has 214 valence electrons. The molecule has 43 heavy (non-hydrogen) atoms. The number of urea groups is 1. The predicted molar refractivity (Wildman–Crippen MR) is 164 cm³/mol. The molecule has 8 heteroatoms. The van der Waals surface area contributed by atoms with Crippen LogP contribution in [0.4, 0.5) is 10.5 Å². The lowest BCUT2D eigenvalue weighted by Crippen LogP contribution is -2.44. The van der Waals surface area contributed by atoms with Crippen LogP contribution in [0.25, 0.3) is 10.9 Å². The van der Waals surface area contributed by atoms with Gasteiger partial charge in [-0.05, 0) is 54.4 Å². The number of ether oxygens (including phenoxy) is 1. The fourth-order valence-corrected chi connectivity index (χ4v) is 6.30. The van der Waals surface area contributed by atoms with Crippen molar-refractivity contribution in [1.82, 2.24) is 15.2 Å². The Morgan fingerprint density at radius 3 is 2.42 bits per heavy atom. The number of para-hydroxylation sites is 2. The van der Waals surface area contributed by atoms with Crippen LogP contribution < -0.4 is 15.0 Å². The molecule has 7 rings (SSSR count). The molecular formula is C35H30N4O4. The van der Waals surface area contributed by atoms with Crippen LogP contribution in [-0.2, 0) is 17.8 Å². The molecule has 3 heterocycles. The highest BCUT2D eigenvalue weighted by Gasteiger charge is 2.53. The molecule has 2 atom stereocenters. The molecule has 1 aromatic heterocycles. The monoisotopic (exact) mass is 570 g/mol. The van der Waals surface area contributed by atoms with Gasteiger partial charge in [-0.2, -0.15) is 0 Å². The average molecular weight is 571 g/mol. The Labute approximate surface area is 248 Å². The molecule has 4 aromatic carbocycles. The van der Waals surface area contributed by atoms with E-state index in [9.17, 15) is 14.4 Å². The van der Waals surface area contributed by atoms with Gasteiger partial charge in [-0.1, -0.05) is 66.2 Å². The molecule has 2 aliphatic rings. The summed E-state index contributed by atoms with van der Waals surface area (Å²) >= 11 is 0. The van der Waals surface area contributed by atoms with E-state index in [4.69, 9.17) is 4.74 Å². The Morgan fingerprint density at radius 1 is 0.930 bits per heavy atom. The zero-order valence-corrected chi connectivity index (χ0v) is 23.8. The highest BCUT2D eigenvalue weighted by Crippen LogP contribution is 2.44. The summed E-state index contributed by atoms with van der Waals surface area (Å²) in [6.45, 7) is 2.33. The number of carbonyl (C=O) groups excluding carboxylic acids is 3. The number of aromatic amines is 1. The first kappa shape index (κ1) is 26.5. The van der Waals surface area contributed by atoms with E-state index in [0.717, 1.165) is 38.9 Å². The topological polar surface area (TPSA) is 94.7 Å². The number of rotatable bonds is 6. The molecule has 4 amide bonds. The van der Waals surface area contributed by atoms with Crippen molar-refractivity contribution in [2.75, 3.05) is 12.0 Å². The highest BCUT2D eigenvalue weighted by molar-refractivity contribution is 6.22. The van der Waals surface area contributed by atoms with Crippen molar-refractivity contribution in [2.45, 2.75) is 32.0 Å². The quantitative estimate of drug-likeness (QED) is 0.249.